The number of amides is 1. The zero-order valence-corrected chi connectivity index (χ0v) is 18.4. The maximum atomic E-state index is 11.9. The molecule has 0 aromatic rings. The van der Waals surface area contributed by atoms with Gasteiger partial charge >= 0.3 is 0 Å². The highest BCUT2D eigenvalue weighted by atomic mass is 127. The molecule has 1 amide bonds. The van der Waals surface area contributed by atoms with Gasteiger partial charge in [0.1, 0.15) is 6.54 Å². The molecule has 2 saturated heterocycles. The maximum Gasteiger partial charge on any atom is 0.243 e. The van der Waals surface area contributed by atoms with Crippen LogP contribution in [0.25, 0.3) is 0 Å². The fourth-order valence-corrected chi connectivity index (χ4v) is 3.47. The van der Waals surface area contributed by atoms with Gasteiger partial charge in [-0.3, -0.25) is 4.79 Å². The van der Waals surface area contributed by atoms with Gasteiger partial charge in [-0.25, -0.2) is 4.99 Å². The summed E-state index contributed by atoms with van der Waals surface area (Å²) in [6, 6.07) is 1.29. The molecule has 0 spiro atoms. The van der Waals surface area contributed by atoms with Crippen molar-refractivity contribution in [3.63, 3.8) is 0 Å². The third-order valence-corrected chi connectivity index (χ3v) is 5.39. The second-order valence-electron chi connectivity index (χ2n) is 7.75. The first-order chi connectivity index (χ1) is 12.1. The van der Waals surface area contributed by atoms with Crippen molar-refractivity contribution in [2.45, 2.75) is 44.2 Å². The summed E-state index contributed by atoms with van der Waals surface area (Å²) in [4.78, 5) is 20.6. The lowest BCUT2D eigenvalue weighted by Crippen LogP contribution is -2.50. The molecular formula is C18H34IN5O2. The molecule has 3 fully saturated rings. The number of likely N-dealkylation sites (N-methyl/N-ethyl adjacent to an activating group) is 1. The van der Waals surface area contributed by atoms with Gasteiger partial charge < -0.3 is 25.2 Å². The average molecular weight is 479 g/mol. The molecule has 26 heavy (non-hydrogen) atoms. The maximum absolute atomic E-state index is 11.9. The number of piperidine rings is 1. The highest BCUT2D eigenvalue weighted by Gasteiger charge is 2.32. The van der Waals surface area contributed by atoms with E-state index < -0.39 is 0 Å². The Morgan fingerprint density at radius 2 is 1.92 bits per heavy atom. The SMILES string of the molecule is CN(C)C(=O)CN=C(NCC1CCOC1)NC1CCN(C2CC2)CC1.I. The fourth-order valence-electron chi connectivity index (χ4n) is 3.47. The third kappa shape index (κ3) is 6.84. The van der Waals surface area contributed by atoms with Crippen LogP contribution in [0.4, 0.5) is 0 Å². The van der Waals surface area contributed by atoms with Crippen molar-refractivity contribution in [3.8, 4) is 0 Å². The first-order valence-electron chi connectivity index (χ1n) is 9.68. The topological polar surface area (TPSA) is 69.2 Å². The van der Waals surface area contributed by atoms with Crippen LogP contribution in [0.2, 0.25) is 0 Å². The highest BCUT2D eigenvalue weighted by Crippen LogP contribution is 2.29. The molecule has 0 aromatic carbocycles. The zero-order chi connectivity index (χ0) is 17.6. The summed E-state index contributed by atoms with van der Waals surface area (Å²) in [6.45, 7) is 5.04. The molecule has 3 aliphatic rings. The van der Waals surface area contributed by atoms with Crippen LogP contribution >= 0.6 is 24.0 Å². The van der Waals surface area contributed by atoms with E-state index in [0.29, 0.717) is 12.0 Å². The quantitative estimate of drug-likeness (QED) is 0.337. The van der Waals surface area contributed by atoms with Crippen LogP contribution in [0.5, 0.6) is 0 Å². The Kier molecular flexibility index (Phi) is 8.89. The smallest absolute Gasteiger partial charge is 0.243 e. The number of halogens is 1. The number of nitrogens with zero attached hydrogens (tertiary/aromatic N) is 3. The number of hydrogen-bond acceptors (Lipinski definition) is 4. The first-order valence-corrected chi connectivity index (χ1v) is 9.68. The van der Waals surface area contributed by atoms with E-state index in [-0.39, 0.29) is 36.4 Å². The van der Waals surface area contributed by atoms with Gasteiger partial charge in [0.05, 0.1) is 6.61 Å². The lowest BCUT2D eigenvalue weighted by atomic mass is 10.1. The van der Waals surface area contributed by atoms with Crippen LogP contribution in [0.3, 0.4) is 0 Å². The van der Waals surface area contributed by atoms with Crippen LogP contribution in [0.15, 0.2) is 4.99 Å². The van der Waals surface area contributed by atoms with Crippen molar-refractivity contribution in [2.75, 3.05) is 53.5 Å². The average Bonchev–Trinajstić information content (AvgIpc) is 3.33. The van der Waals surface area contributed by atoms with E-state index >= 15 is 0 Å². The molecule has 0 radical (unpaired) electrons. The first kappa shape index (κ1) is 21.7. The van der Waals surface area contributed by atoms with E-state index in [1.165, 1.54) is 25.9 Å². The van der Waals surface area contributed by atoms with Crippen molar-refractivity contribution in [1.29, 1.82) is 0 Å². The highest BCUT2D eigenvalue weighted by molar-refractivity contribution is 14.0. The Bertz CT molecular complexity index is 470. The molecule has 7 nitrogen and oxygen atoms in total. The van der Waals surface area contributed by atoms with Crippen LogP contribution in [-0.2, 0) is 9.53 Å². The van der Waals surface area contributed by atoms with Gasteiger partial charge in [0.25, 0.3) is 0 Å². The van der Waals surface area contributed by atoms with Gasteiger partial charge in [-0.05, 0) is 32.1 Å². The lowest BCUT2D eigenvalue weighted by Gasteiger charge is -2.33. The minimum Gasteiger partial charge on any atom is -0.381 e. The number of hydrogen-bond donors (Lipinski definition) is 2. The van der Waals surface area contributed by atoms with Gasteiger partial charge in [-0.1, -0.05) is 0 Å². The predicted molar refractivity (Wildman–Crippen MR) is 114 cm³/mol. The number of rotatable bonds is 6. The van der Waals surface area contributed by atoms with Crippen molar-refractivity contribution < 1.29 is 9.53 Å². The molecule has 3 rings (SSSR count). The van der Waals surface area contributed by atoms with E-state index in [4.69, 9.17) is 4.74 Å². The monoisotopic (exact) mass is 479 g/mol. The molecule has 2 N–H and O–H groups in total. The van der Waals surface area contributed by atoms with Crippen LogP contribution in [0.1, 0.15) is 32.1 Å². The van der Waals surface area contributed by atoms with Gasteiger partial charge in [0.15, 0.2) is 5.96 Å². The molecule has 2 heterocycles. The number of guanidine groups is 1. The molecule has 0 aromatic heterocycles. The normalized spacial score (nSPS) is 24.8. The number of ether oxygens (including phenoxy) is 1. The molecule has 2 aliphatic heterocycles. The minimum atomic E-state index is 0. The zero-order valence-electron chi connectivity index (χ0n) is 16.1. The van der Waals surface area contributed by atoms with Gasteiger partial charge in [0.2, 0.25) is 5.91 Å². The summed E-state index contributed by atoms with van der Waals surface area (Å²) >= 11 is 0. The van der Waals surface area contributed by atoms with Crippen LogP contribution in [0, 0.1) is 5.92 Å². The van der Waals surface area contributed by atoms with Gasteiger partial charge in [-0.2, -0.15) is 0 Å². The molecular weight excluding hydrogens is 445 g/mol. The van der Waals surface area contributed by atoms with Crippen LogP contribution in [-0.4, -0.2) is 87.2 Å². The van der Waals surface area contributed by atoms with E-state index in [2.05, 4.69) is 20.5 Å². The summed E-state index contributed by atoms with van der Waals surface area (Å²) in [6.07, 6.45) is 6.14. The summed E-state index contributed by atoms with van der Waals surface area (Å²) in [5.41, 5.74) is 0. The summed E-state index contributed by atoms with van der Waals surface area (Å²) < 4.78 is 5.44. The van der Waals surface area contributed by atoms with Crippen molar-refractivity contribution >= 4 is 35.8 Å². The lowest BCUT2D eigenvalue weighted by molar-refractivity contribution is -0.127. The van der Waals surface area contributed by atoms with Gasteiger partial charge in [-0.15, -0.1) is 24.0 Å². The Morgan fingerprint density at radius 1 is 1.19 bits per heavy atom. The fraction of sp³-hybridized carbons (Fsp3) is 0.889. The second kappa shape index (κ2) is 10.7. The standard InChI is InChI=1S/C18H33N5O2.HI/c1-22(2)17(24)12-20-18(19-11-14-7-10-25-13-14)21-15-5-8-23(9-6-15)16-3-4-16;/h14-16H,3-13H2,1-2H3,(H2,19,20,21);1H. The molecule has 1 atom stereocenters. The van der Waals surface area contributed by atoms with E-state index in [0.717, 1.165) is 51.0 Å². The molecule has 1 saturated carbocycles. The number of aliphatic imine (C=N–C) groups is 1. The second-order valence-corrected chi connectivity index (χ2v) is 7.75. The summed E-state index contributed by atoms with van der Waals surface area (Å²) in [5.74, 6) is 1.33. The van der Waals surface area contributed by atoms with E-state index in [1.54, 1.807) is 19.0 Å². The number of nitrogens with one attached hydrogen (secondary N) is 2. The Morgan fingerprint density at radius 3 is 2.50 bits per heavy atom. The Labute approximate surface area is 174 Å². The van der Waals surface area contributed by atoms with E-state index in [9.17, 15) is 4.79 Å². The van der Waals surface area contributed by atoms with Crippen LogP contribution < -0.4 is 10.6 Å². The van der Waals surface area contributed by atoms with Gasteiger partial charge in [0, 0.05) is 58.3 Å². The Balaban J connectivity index is 0.00000243. The van der Waals surface area contributed by atoms with E-state index in [1.807, 2.05) is 0 Å². The largest absolute Gasteiger partial charge is 0.381 e. The Hall–Kier alpha value is -0.610. The van der Waals surface area contributed by atoms with Crippen molar-refractivity contribution in [2.24, 2.45) is 10.9 Å². The summed E-state index contributed by atoms with van der Waals surface area (Å²) in [7, 11) is 3.53. The molecule has 150 valence electrons. The molecule has 0 bridgehead atoms. The molecule has 1 aliphatic carbocycles. The number of likely N-dealkylation sites (tertiary alicyclic amines) is 1. The molecule has 8 heteroatoms. The van der Waals surface area contributed by atoms with Crippen molar-refractivity contribution in [1.82, 2.24) is 20.4 Å². The van der Waals surface area contributed by atoms with Crippen molar-refractivity contribution in [3.05, 3.63) is 0 Å². The number of carbonyl (C=O) groups excluding carboxylic acids is 1. The minimum absolute atomic E-state index is 0. The number of carbonyl (C=O) groups is 1. The summed E-state index contributed by atoms with van der Waals surface area (Å²) in [5, 5.41) is 6.98. The third-order valence-electron chi connectivity index (χ3n) is 5.39. The molecule has 1 unspecified atom stereocenters. The predicted octanol–water partition coefficient (Wildman–Crippen LogP) is 0.891.